The fraction of sp³-hybridized carbons (Fsp3) is 0.182. The lowest BCUT2D eigenvalue weighted by Crippen LogP contribution is -2.50. The van der Waals surface area contributed by atoms with E-state index >= 15 is 0 Å². The van der Waals surface area contributed by atoms with E-state index in [0.29, 0.717) is 17.8 Å². The van der Waals surface area contributed by atoms with Crippen molar-refractivity contribution in [3.8, 4) is 0 Å². The number of aliphatic hydroxyl groups excluding tert-OH is 1. The highest BCUT2D eigenvalue weighted by molar-refractivity contribution is 6.11. The second kappa shape index (κ2) is 6.76. The molecular formula is C22H19NO4. The van der Waals surface area contributed by atoms with Crippen LogP contribution in [-0.4, -0.2) is 23.1 Å². The number of carbonyl (C=O) groups is 2. The zero-order chi connectivity index (χ0) is 19.0. The van der Waals surface area contributed by atoms with Crippen LogP contribution in [0.25, 0.3) is 5.70 Å². The van der Waals surface area contributed by atoms with Gasteiger partial charge < -0.3 is 9.84 Å². The van der Waals surface area contributed by atoms with Crippen LogP contribution in [0.15, 0.2) is 78.1 Å². The van der Waals surface area contributed by atoms with Crippen LogP contribution in [0.3, 0.4) is 0 Å². The minimum absolute atomic E-state index is 0.250. The highest BCUT2D eigenvalue weighted by Gasteiger charge is 2.48. The summed E-state index contributed by atoms with van der Waals surface area (Å²) in [5.41, 5.74) is 3.08. The molecule has 0 aliphatic carbocycles. The van der Waals surface area contributed by atoms with Gasteiger partial charge in [-0.25, -0.2) is 4.79 Å². The van der Waals surface area contributed by atoms with Crippen molar-refractivity contribution in [3.05, 3.63) is 83.6 Å². The zero-order valence-electron chi connectivity index (χ0n) is 14.8. The molecule has 0 saturated carbocycles. The molecule has 2 aromatic rings. The summed E-state index contributed by atoms with van der Waals surface area (Å²) < 4.78 is 5.49. The van der Waals surface area contributed by atoms with Gasteiger partial charge in [0.15, 0.2) is 0 Å². The van der Waals surface area contributed by atoms with Crippen molar-refractivity contribution in [2.75, 3.05) is 4.90 Å². The van der Waals surface area contributed by atoms with Crippen LogP contribution in [0.5, 0.6) is 0 Å². The first-order valence-corrected chi connectivity index (χ1v) is 8.90. The molecule has 2 aliphatic heterocycles. The summed E-state index contributed by atoms with van der Waals surface area (Å²) in [6.45, 7) is 1.96. The molecule has 2 aliphatic rings. The number of nitrogens with zero attached hydrogens (tertiary/aromatic N) is 1. The number of aliphatic hydroxyl groups is 1. The Morgan fingerprint density at radius 1 is 1.00 bits per heavy atom. The zero-order valence-corrected chi connectivity index (χ0v) is 14.8. The van der Waals surface area contributed by atoms with Crippen LogP contribution in [0, 0.1) is 5.92 Å². The van der Waals surface area contributed by atoms with Crippen molar-refractivity contribution in [2.24, 2.45) is 5.92 Å². The molecule has 0 spiro atoms. The Labute approximate surface area is 157 Å². The van der Waals surface area contributed by atoms with E-state index in [-0.39, 0.29) is 11.7 Å². The molecule has 1 amide bonds. The Hall–Kier alpha value is -3.34. The van der Waals surface area contributed by atoms with Gasteiger partial charge in [-0.2, -0.15) is 0 Å². The molecule has 1 N–H and O–H groups in total. The quantitative estimate of drug-likeness (QED) is 0.844. The van der Waals surface area contributed by atoms with Crippen LogP contribution in [0.4, 0.5) is 5.69 Å². The molecule has 2 aromatic carbocycles. The van der Waals surface area contributed by atoms with Crippen molar-refractivity contribution >= 4 is 23.3 Å². The van der Waals surface area contributed by atoms with Gasteiger partial charge in [-0.05, 0) is 29.7 Å². The molecule has 2 heterocycles. The lowest BCUT2D eigenvalue weighted by Gasteiger charge is -2.41. The smallest absolute Gasteiger partial charge is 0.334 e. The lowest BCUT2D eigenvalue weighted by atomic mass is 9.82. The predicted molar refractivity (Wildman–Crippen MR) is 102 cm³/mol. The third-order valence-electron chi connectivity index (χ3n) is 4.93. The van der Waals surface area contributed by atoms with E-state index in [4.69, 9.17) is 4.74 Å². The van der Waals surface area contributed by atoms with Crippen molar-refractivity contribution in [3.63, 3.8) is 0 Å². The molecule has 0 fully saturated rings. The number of para-hydroxylation sites is 1. The molecule has 0 aromatic heterocycles. The summed E-state index contributed by atoms with van der Waals surface area (Å²) in [6, 6.07) is 18.9. The van der Waals surface area contributed by atoms with Crippen molar-refractivity contribution in [1.29, 1.82) is 0 Å². The monoisotopic (exact) mass is 361 g/mol. The second-order valence-corrected chi connectivity index (χ2v) is 6.51. The number of esters is 1. The van der Waals surface area contributed by atoms with E-state index < -0.39 is 18.0 Å². The molecule has 2 atom stereocenters. The minimum atomic E-state index is -0.926. The number of carbonyl (C=O) groups excluding carboxylic acids is 2. The first-order chi connectivity index (χ1) is 13.1. The number of fused-ring (bicyclic) bond motifs is 1. The molecule has 4 rings (SSSR count). The number of amides is 1. The van der Waals surface area contributed by atoms with Crippen molar-refractivity contribution in [2.45, 2.75) is 19.4 Å². The number of anilines is 1. The summed E-state index contributed by atoms with van der Waals surface area (Å²) in [5, 5.41) is 10.4. The maximum Gasteiger partial charge on any atom is 0.334 e. The van der Waals surface area contributed by atoms with E-state index in [1.807, 2.05) is 67.6 Å². The first-order valence-electron chi connectivity index (χ1n) is 8.90. The van der Waals surface area contributed by atoms with Gasteiger partial charge in [0.05, 0.1) is 11.8 Å². The van der Waals surface area contributed by atoms with Gasteiger partial charge in [-0.1, -0.05) is 55.5 Å². The maximum atomic E-state index is 13.4. The van der Waals surface area contributed by atoms with Gasteiger partial charge >= 0.3 is 5.97 Å². The fourth-order valence-electron chi connectivity index (χ4n) is 3.76. The number of hydrogen-bond donors (Lipinski definition) is 1. The van der Waals surface area contributed by atoms with Gasteiger partial charge in [0.2, 0.25) is 5.91 Å². The van der Waals surface area contributed by atoms with Gasteiger partial charge in [0.1, 0.15) is 17.8 Å². The molecule has 27 heavy (non-hydrogen) atoms. The van der Waals surface area contributed by atoms with E-state index in [9.17, 15) is 14.7 Å². The van der Waals surface area contributed by atoms with E-state index in [1.54, 1.807) is 4.90 Å². The summed E-state index contributed by atoms with van der Waals surface area (Å²) in [5.74, 6) is -2.12. The molecular weight excluding hydrogens is 342 g/mol. The van der Waals surface area contributed by atoms with Crippen molar-refractivity contribution in [1.82, 2.24) is 0 Å². The van der Waals surface area contributed by atoms with E-state index in [1.165, 1.54) is 0 Å². The third kappa shape index (κ3) is 2.81. The second-order valence-electron chi connectivity index (χ2n) is 6.51. The van der Waals surface area contributed by atoms with Gasteiger partial charge in [0, 0.05) is 5.69 Å². The van der Waals surface area contributed by atoms with Crippen molar-refractivity contribution < 1.29 is 19.4 Å². The molecule has 0 saturated heterocycles. The highest BCUT2D eigenvalue weighted by atomic mass is 16.5. The Balaban J connectivity index is 1.99. The molecule has 0 bridgehead atoms. The average molecular weight is 361 g/mol. The van der Waals surface area contributed by atoms with Gasteiger partial charge in [-0.15, -0.1) is 0 Å². The predicted octanol–water partition coefficient (Wildman–Crippen LogP) is 3.84. The molecule has 5 nitrogen and oxygen atoms in total. The SMILES string of the molecule is CCC1=C(c2ccccc2)N(c2ccccc2)C(=O)C2C(O)=CC(=O)OC12. The summed E-state index contributed by atoms with van der Waals surface area (Å²) in [6.07, 6.45) is 0.765. The maximum absolute atomic E-state index is 13.4. The van der Waals surface area contributed by atoms with Crippen LogP contribution in [0.1, 0.15) is 18.9 Å². The lowest BCUT2D eigenvalue weighted by molar-refractivity contribution is -0.148. The summed E-state index contributed by atoms with van der Waals surface area (Å²) in [7, 11) is 0. The molecule has 0 radical (unpaired) electrons. The molecule has 5 heteroatoms. The minimum Gasteiger partial charge on any atom is -0.511 e. The summed E-state index contributed by atoms with van der Waals surface area (Å²) in [4.78, 5) is 26.9. The topological polar surface area (TPSA) is 66.8 Å². The first kappa shape index (κ1) is 17.1. The number of rotatable bonds is 3. The Morgan fingerprint density at radius 3 is 2.26 bits per heavy atom. The Bertz CT molecular complexity index is 947. The largest absolute Gasteiger partial charge is 0.511 e. The highest BCUT2D eigenvalue weighted by Crippen LogP contribution is 2.43. The van der Waals surface area contributed by atoms with E-state index in [2.05, 4.69) is 0 Å². The Kier molecular flexibility index (Phi) is 4.28. The Morgan fingerprint density at radius 2 is 1.63 bits per heavy atom. The van der Waals surface area contributed by atoms with Crippen LogP contribution < -0.4 is 4.90 Å². The molecule has 2 unspecified atom stereocenters. The van der Waals surface area contributed by atoms with Gasteiger partial charge in [0.25, 0.3) is 0 Å². The normalized spacial score (nSPS) is 22.3. The van der Waals surface area contributed by atoms with Gasteiger partial charge in [-0.3, -0.25) is 9.69 Å². The van der Waals surface area contributed by atoms with Crippen LogP contribution >= 0.6 is 0 Å². The molecule has 136 valence electrons. The number of hydrogen-bond acceptors (Lipinski definition) is 4. The third-order valence-corrected chi connectivity index (χ3v) is 4.93. The fourth-order valence-corrected chi connectivity index (χ4v) is 3.76. The van der Waals surface area contributed by atoms with E-state index in [0.717, 1.165) is 17.2 Å². The van der Waals surface area contributed by atoms with Crippen LogP contribution in [-0.2, 0) is 14.3 Å². The van der Waals surface area contributed by atoms with Crippen LogP contribution in [0.2, 0.25) is 0 Å². The standard InChI is InChI=1S/C22H19NO4/c1-2-16-20(14-9-5-3-6-10-14)23(15-11-7-4-8-12-15)22(26)19-17(24)13-18(25)27-21(16)19/h3-13,19,21,24H,2H2,1H3. The number of benzene rings is 2. The average Bonchev–Trinajstić information content (AvgIpc) is 2.68. The number of ether oxygens (including phenoxy) is 1. The summed E-state index contributed by atoms with van der Waals surface area (Å²) >= 11 is 0.